The van der Waals surface area contributed by atoms with Gasteiger partial charge < -0.3 is 24.1 Å². The predicted octanol–water partition coefficient (Wildman–Crippen LogP) is 2.46. The third-order valence-corrected chi connectivity index (χ3v) is 3.91. The van der Waals surface area contributed by atoms with Crippen LogP contribution >= 0.6 is 0 Å². The summed E-state index contributed by atoms with van der Waals surface area (Å²) in [7, 11) is 6.63. The van der Waals surface area contributed by atoms with Gasteiger partial charge in [0.15, 0.2) is 0 Å². The molecule has 1 N–H and O–H groups in total. The van der Waals surface area contributed by atoms with Crippen molar-refractivity contribution in [3.05, 3.63) is 40.6 Å². The van der Waals surface area contributed by atoms with Crippen LogP contribution in [0.4, 0.5) is 5.69 Å². The number of methoxy groups -OCH3 is 2. The molecule has 0 atom stereocenters. The number of rotatable bonds is 5. The molecule has 1 heterocycles. The van der Waals surface area contributed by atoms with E-state index in [-0.39, 0.29) is 17.9 Å². The summed E-state index contributed by atoms with van der Waals surface area (Å²) in [4.78, 5) is 26.7. The number of carbonyl (C=O) groups is 1. The summed E-state index contributed by atoms with van der Waals surface area (Å²) in [5, 5.41) is 3.47. The normalized spacial score (nSPS) is 11.1. The number of nitrogens with one attached hydrogen (secondary N) is 1. The molecule has 0 aliphatic carbocycles. The molecule has 26 heavy (non-hydrogen) atoms. The number of nitrogens with zero attached hydrogens (tertiary/aromatic N) is 1. The molecule has 0 spiro atoms. The molecule has 1 aromatic heterocycles. The molecule has 3 rings (SSSR count). The van der Waals surface area contributed by atoms with Crippen LogP contribution in [0.3, 0.4) is 0 Å². The van der Waals surface area contributed by atoms with Crippen LogP contribution in [0.25, 0.3) is 21.9 Å². The van der Waals surface area contributed by atoms with Gasteiger partial charge in [-0.15, -0.1) is 0 Å². The zero-order valence-electron chi connectivity index (χ0n) is 15.1. The van der Waals surface area contributed by atoms with Crippen LogP contribution in [0.5, 0.6) is 11.5 Å². The Hall–Kier alpha value is -3.06. The minimum absolute atomic E-state index is 0.165. The van der Waals surface area contributed by atoms with Crippen molar-refractivity contribution in [3.63, 3.8) is 0 Å². The maximum absolute atomic E-state index is 13.0. The lowest BCUT2D eigenvalue weighted by atomic mass is 10.1. The van der Waals surface area contributed by atoms with Crippen LogP contribution in [0, 0.1) is 0 Å². The monoisotopic (exact) mass is 356 g/mol. The smallest absolute Gasteiger partial charge is 0.238 e. The van der Waals surface area contributed by atoms with E-state index >= 15 is 0 Å². The summed E-state index contributed by atoms with van der Waals surface area (Å²) < 4.78 is 16.4. The lowest BCUT2D eigenvalue weighted by Gasteiger charge is -2.11. The highest BCUT2D eigenvalue weighted by atomic mass is 16.5. The average Bonchev–Trinajstić information content (AvgIpc) is 2.60. The molecule has 0 saturated carbocycles. The lowest BCUT2D eigenvalue weighted by molar-refractivity contribution is -0.116. The molecule has 0 saturated heterocycles. The Bertz CT molecular complexity index is 1040. The number of likely N-dealkylation sites (N-methyl/N-ethyl adjacent to an activating group) is 1. The second kappa shape index (κ2) is 7.05. The van der Waals surface area contributed by atoms with Crippen LogP contribution in [-0.4, -0.2) is 45.7 Å². The second-order valence-corrected chi connectivity index (χ2v) is 6.13. The van der Waals surface area contributed by atoms with Crippen molar-refractivity contribution in [3.8, 4) is 11.5 Å². The van der Waals surface area contributed by atoms with Crippen molar-refractivity contribution >= 4 is 33.5 Å². The van der Waals surface area contributed by atoms with Crippen molar-refractivity contribution < 1.29 is 18.7 Å². The van der Waals surface area contributed by atoms with E-state index in [2.05, 4.69) is 5.32 Å². The zero-order chi connectivity index (χ0) is 18.8. The third-order valence-electron chi connectivity index (χ3n) is 3.91. The molecule has 7 nitrogen and oxygen atoms in total. The van der Waals surface area contributed by atoms with E-state index in [1.54, 1.807) is 49.3 Å². The van der Waals surface area contributed by atoms with Gasteiger partial charge in [0.05, 0.1) is 26.2 Å². The summed E-state index contributed by atoms with van der Waals surface area (Å²) in [5.41, 5.74) is 1.10. The number of carbonyl (C=O) groups excluding carboxylic acids is 1. The second-order valence-electron chi connectivity index (χ2n) is 6.13. The average molecular weight is 356 g/mol. The maximum Gasteiger partial charge on any atom is 0.238 e. The van der Waals surface area contributed by atoms with Crippen molar-refractivity contribution in [2.75, 3.05) is 40.2 Å². The van der Waals surface area contributed by atoms with Gasteiger partial charge in [-0.05, 0) is 32.3 Å². The molecule has 0 bridgehead atoms. The predicted molar refractivity (Wildman–Crippen MR) is 100 cm³/mol. The standard InChI is InChI=1S/C19H20N2O5/c1-21(2)10-17(22)20-11-5-6-14-13(7-11)19(23)18-15(25-4)8-12(24-3)9-16(18)26-14/h5-9H,10H2,1-4H3,(H,20,22). The van der Waals surface area contributed by atoms with Crippen molar-refractivity contribution in [2.45, 2.75) is 0 Å². The van der Waals surface area contributed by atoms with Gasteiger partial charge in [-0.3, -0.25) is 9.59 Å². The van der Waals surface area contributed by atoms with Gasteiger partial charge in [-0.1, -0.05) is 0 Å². The Morgan fingerprint density at radius 3 is 2.54 bits per heavy atom. The summed E-state index contributed by atoms with van der Waals surface area (Å²) in [6, 6.07) is 8.24. The first-order valence-electron chi connectivity index (χ1n) is 8.00. The fraction of sp³-hybridized carbons (Fsp3) is 0.263. The first-order valence-corrected chi connectivity index (χ1v) is 8.00. The summed E-state index contributed by atoms with van der Waals surface area (Å²) in [5.74, 6) is 0.739. The Morgan fingerprint density at radius 2 is 1.88 bits per heavy atom. The molecule has 0 unspecified atom stereocenters. The zero-order valence-corrected chi connectivity index (χ0v) is 15.1. The Morgan fingerprint density at radius 1 is 1.12 bits per heavy atom. The van der Waals surface area contributed by atoms with E-state index in [1.165, 1.54) is 14.2 Å². The highest BCUT2D eigenvalue weighted by molar-refractivity contribution is 5.98. The molecule has 0 aliphatic heterocycles. The largest absolute Gasteiger partial charge is 0.496 e. The maximum atomic E-state index is 13.0. The third kappa shape index (κ3) is 3.34. The van der Waals surface area contributed by atoms with Crippen molar-refractivity contribution in [2.24, 2.45) is 0 Å². The van der Waals surface area contributed by atoms with Gasteiger partial charge >= 0.3 is 0 Å². The Kier molecular flexibility index (Phi) is 4.81. The van der Waals surface area contributed by atoms with Gasteiger partial charge in [0.25, 0.3) is 0 Å². The molecule has 136 valence electrons. The van der Waals surface area contributed by atoms with Gasteiger partial charge in [0.2, 0.25) is 11.3 Å². The van der Waals surface area contributed by atoms with Gasteiger partial charge in [-0.2, -0.15) is 0 Å². The van der Waals surface area contributed by atoms with Crippen LogP contribution in [0.2, 0.25) is 0 Å². The lowest BCUT2D eigenvalue weighted by Crippen LogP contribution is -2.27. The number of benzene rings is 2. The SMILES string of the molecule is COc1cc(OC)c2c(=O)c3cc(NC(=O)CN(C)C)ccc3oc2c1. The molecule has 0 radical (unpaired) electrons. The number of anilines is 1. The van der Waals surface area contributed by atoms with Crippen LogP contribution in [0.15, 0.2) is 39.5 Å². The summed E-state index contributed by atoms with van der Waals surface area (Å²) >= 11 is 0. The van der Waals surface area contributed by atoms with E-state index in [1.807, 2.05) is 0 Å². The summed E-state index contributed by atoms with van der Waals surface area (Å²) in [6.07, 6.45) is 0. The number of amides is 1. The summed E-state index contributed by atoms with van der Waals surface area (Å²) in [6.45, 7) is 0.248. The van der Waals surface area contributed by atoms with Crippen LogP contribution in [0.1, 0.15) is 0 Å². The molecule has 2 aromatic carbocycles. The highest BCUT2D eigenvalue weighted by Gasteiger charge is 2.15. The Labute approximate surface area is 150 Å². The van der Waals surface area contributed by atoms with Gasteiger partial charge in [0, 0.05) is 17.8 Å². The molecule has 7 heteroatoms. The van der Waals surface area contributed by atoms with E-state index in [4.69, 9.17) is 13.9 Å². The number of hydrogen-bond acceptors (Lipinski definition) is 6. The van der Waals surface area contributed by atoms with E-state index in [0.29, 0.717) is 39.1 Å². The highest BCUT2D eigenvalue weighted by Crippen LogP contribution is 2.31. The quantitative estimate of drug-likeness (QED) is 0.708. The first-order chi connectivity index (χ1) is 12.4. The molecular weight excluding hydrogens is 336 g/mol. The van der Waals surface area contributed by atoms with Gasteiger partial charge in [0.1, 0.15) is 28.1 Å². The molecular formula is C19H20N2O5. The van der Waals surface area contributed by atoms with E-state index in [9.17, 15) is 9.59 Å². The first kappa shape index (κ1) is 17.8. The molecule has 0 aliphatic rings. The van der Waals surface area contributed by atoms with Crippen molar-refractivity contribution in [1.29, 1.82) is 0 Å². The fourth-order valence-corrected chi connectivity index (χ4v) is 2.76. The molecule has 1 amide bonds. The van der Waals surface area contributed by atoms with Gasteiger partial charge in [-0.25, -0.2) is 0 Å². The van der Waals surface area contributed by atoms with E-state index in [0.717, 1.165) is 0 Å². The molecule has 3 aromatic rings. The topological polar surface area (TPSA) is 81.0 Å². The number of hydrogen-bond donors (Lipinski definition) is 1. The van der Waals surface area contributed by atoms with Crippen molar-refractivity contribution in [1.82, 2.24) is 4.90 Å². The minimum atomic E-state index is -0.232. The molecule has 0 fully saturated rings. The minimum Gasteiger partial charge on any atom is -0.496 e. The number of ether oxygens (including phenoxy) is 2. The van der Waals surface area contributed by atoms with E-state index < -0.39 is 0 Å². The fourth-order valence-electron chi connectivity index (χ4n) is 2.76. The Balaban J connectivity index is 2.15. The van der Waals surface area contributed by atoms with Crippen LogP contribution < -0.4 is 20.2 Å². The number of fused-ring (bicyclic) bond motifs is 2. The van der Waals surface area contributed by atoms with Crippen LogP contribution in [-0.2, 0) is 4.79 Å².